The topological polar surface area (TPSA) is 119 Å². The molecule has 9 nitrogen and oxygen atoms in total. The van der Waals surface area contributed by atoms with Crippen molar-refractivity contribution in [3.8, 4) is 5.88 Å². The predicted octanol–water partition coefficient (Wildman–Crippen LogP) is 0.718. The fraction of sp³-hybridized carbons (Fsp3) is 0.545. The third-order valence-electron chi connectivity index (χ3n) is 2.34. The molecule has 0 spiro atoms. The summed E-state index contributed by atoms with van der Waals surface area (Å²) in [4.78, 5) is 29.6. The van der Waals surface area contributed by atoms with E-state index in [0.29, 0.717) is 0 Å². The Morgan fingerprint density at radius 3 is 2.55 bits per heavy atom. The molecule has 1 unspecified atom stereocenters. The molecule has 0 saturated heterocycles. The normalized spacial score (nSPS) is 11.8. The van der Waals surface area contributed by atoms with Crippen LogP contribution in [0.2, 0.25) is 0 Å². The second-order valence-corrected chi connectivity index (χ2v) is 4.37. The van der Waals surface area contributed by atoms with Gasteiger partial charge in [0.2, 0.25) is 11.7 Å². The van der Waals surface area contributed by atoms with Crippen molar-refractivity contribution in [3.05, 3.63) is 16.4 Å². The van der Waals surface area contributed by atoms with Crippen LogP contribution >= 0.6 is 0 Å². The van der Waals surface area contributed by atoms with Crippen LogP contribution in [-0.2, 0) is 4.79 Å². The van der Waals surface area contributed by atoms with Crippen LogP contribution in [0.5, 0.6) is 5.88 Å². The number of amides is 1. The van der Waals surface area contributed by atoms with Crippen LogP contribution in [0.25, 0.3) is 0 Å². The third kappa shape index (κ3) is 3.77. The number of aromatic nitrogens is 2. The lowest BCUT2D eigenvalue weighted by molar-refractivity contribution is -0.385. The smallest absolute Gasteiger partial charge is 0.372 e. The summed E-state index contributed by atoms with van der Waals surface area (Å²) < 4.78 is 4.82. The minimum absolute atomic E-state index is 0.0262. The number of methoxy groups -OCH3 is 1. The van der Waals surface area contributed by atoms with Gasteiger partial charge in [0, 0.05) is 6.04 Å². The summed E-state index contributed by atoms with van der Waals surface area (Å²) in [7, 11) is 1.27. The van der Waals surface area contributed by atoms with Crippen molar-refractivity contribution in [3.63, 3.8) is 0 Å². The highest BCUT2D eigenvalue weighted by Gasteiger charge is 2.26. The summed E-state index contributed by atoms with van der Waals surface area (Å²) >= 11 is 0. The summed E-state index contributed by atoms with van der Waals surface area (Å²) in [5.41, 5.74) is -0.404. The Balaban J connectivity index is 2.97. The van der Waals surface area contributed by atoms with E-state index in [4.69, 9.17) is 4.74 Å². The van der Waals surface area contributed by atoms with E-state index in [-0.39, 0.29) is 23.6 Å². The Kier molecular flexibility index (Phi) is 5.18. The molecule has 110 valence electrons. The first kappa shape index (κ1) is 15.6. The van der Waals surface area contributed by atoms with Crippen molar-refractivity contribution in [1.29, 1.82) is 0 Å². The van der Waals surface area contributed by atoms with Gasteiger partial charge in [-0.2, -0.15) is 4.98 Å². The highest BCUT2D eigenvalue weighted by molar-refractivity contribution is 5.84. The van der Waals surface area contributed by atoms with Crippen molar-refractivity contribution in [2.45, 2.75) is 32.9 Å². The van der Waals surface area contributed by atoms with Crippen molar-refractivity contribution in [2.24, 2.45) is 0 Å². The molecule has 0 saturated carbocycles. The van der Waals surface area contributed by atoms with Crippen molar-refractivity contribution in [2.75, 3.05) is 12.4 Å². The van der Waals surface area contributed by atoms with Crippen LogP contribution in [0.4, 0.5) is 11.5 Å². The molecule has 1 aromatic heterocycles. The van der Waals surface area contributed by atoms with Gasteiger partial charge in [-0.15, -0.1) is 0 Å². The Bertz CT molecular complexity index is 506. The zero-order valence-electron chi connectivity index (χ0n) is 11.7. The number of nitrogens with zero attached hydrogens (tertiary/aromatic N) is 3. The Hall–Kier alpha value is -2.45. The first-order chi connectivity index (χ1) is 9.36. The van der Waals surface area contributed by atoms with E-state index in [2.05, 4.69) is 20.6 Å². The Morgan fingerprint density at radius 1 is 1.40 bits per heavy atom. The average Bonchev–Trinajstić information content (AvgIpc) is 2.37. The number of nitrogens with one attached hydrogen (secondary N) is 2. The summed E-state index contributed by atoms with van der Waals surface area (Å²) in [6.45, 7) is 5.22. The van der Waals surface area contributed by atoms with Crippen LogP contribution in [0.1, 0.15) is 20.8 Å². The van der Waals surface area contributed by atoms with E-state index < -0.39 is 16.7 Å². The second-order valence-electron chi connectivity index (χ2n) is 4.37. The molecule has 2 N–H and O–H groups in total. The van der Waals surface area contributed by atoms with Gasteiger partial charge >= 0.3 is 5.69 Å². The highest BCUT2D eigenvalue weighted by atomic mass is 16.6. The van der Waals surface area contributed by atoms with Crippen LogP contribution in [0.15, 0.2) is 6.33 Å². The zero-order valence-corrected chi connectivity index (χ0v) is 11.7. The van der Waals surface area contributed by atoms with Gasteiger partial charge < -0.3 is 15.4 Å². The summed E-state index contributed by atoms with van der Waals surface area (Å²) in [6, 6.07) is -0.711. The Labute approximate surface area is 115 Å². The minimum Gasteiger partial charge on any atom is -0.476 e. The molecule has 1 heterocycles. The lowest BCUT2D eigenvalue weighted by Crippen LogP contribution is -2.41. The fourth-order valence-corrected chi connectivity index (χ4v) is 1.46. The van der Waals surface area contributed by atoms with E-state index in [1.807, 2.05) is 13.8 Å². The first-order valence-electron chi connectivity index (χ1n) is 5.97. The zero-order chi connectivity index (χ0) is 15.3. The number of hydrogen-bond donors (Lipinski definition) is 2. The van der Waals surface area contributed by atoms with Gasteiger partial charge in [0.15, 0.2) is 0 Å². The highest BCUT2D eigenvalue weighted by Crippen LogP contribution is 2.30. The van der Waals surface area contributed by atoms with Crippen molar-refractivity contribution < 1.29 is 14.5 Å². The van der Waals surface area contributed by atoms with Gasteiger partial charge in [-0.1, -0.05) is 0 Å². The van der Waals surface area contributed by atoms with Crippen LogP contribution in [0.3, 0.4) is 0 Å². The number of carbonyl (C=O) groups is 1. The number of ether oxygens (including phenoxy) is 1. The summed E-state index contributed by atoms with van der Waals surface area (Å²) in [6.07, 6.45) is 1.13. The molecular weight excluding hydrogens is 266 g/mol. The van der Waals surface area contributed by atoms with Gasteiger partial charge in [0.1, 0.15) is 12.4 Å². The molecule has 0 bridgehead atoms. The van der Waals surface area contributed by atoms with E-state index in [0.717, 1.165) is 6.33 Å². The third-order valence-corrected chi connectivity index (χ3v) is 2.34. The summed E-state index contributed by atoms with van der Waals surface area (Å²) in [5, 5.41) is 16.4. The molecule has 0 aliphatic heterocycles. The molecule has 0 radical (unpaired) electrons. The number of nitro groups is 1. The van der Waals surface area contributed by atoms with Gasteiger partial charge in [0.05, 0.1) is 12.0 Å². The van der Waals surface area contributed by atoms with Gasteiger partial charge in [-0.3, -0.25) is 14.9 Å². The molecule has 9 heteroatoms. The lowest BCUT2D eigenvalue weighted by atomic mass is 10.2. The SMILES string of the molecule is COc1ncnc(NC(C)C(=O)NC(C)C)c1[N+](=O)[O-]. The maximum absolute atomic E-state index is 11.8. The Morgan fingerprint density at radius 2 is 2.05 bits per heavy atom. The monoisotopic (exact) mass is 283 g/mol. The number of anilines is 1. The van der Waals surface area contributed by atoms with Gasteiger partial charge in [-0.25, -0.2) is 4.98 Å². The average molecular weight is 283 g/mol. The largest absolute Gasteiger partial charge is 0.476 e. The number of rotatable bonds is 6. The molecule has 1 amide bonds. The molecule has 0 fully saturated rings. The first-order valence-corrected chi connectivity index (χ1v) is 5.97. The van der Waals surface area contributed by atoms with Crippen LogP contribution < -0.4 is 15.4 Å². The maximum atomic E-state index is 11.8. The standard InChI is InChI=1S/C11H17N5O4/c1-6(2)14-10(17)7(3)15-9-8(16(18)19)11(20-4)13-5-12-9/h5-7H,1-4H3,(H,14,17)(H,12,13,15). The molecule has 1 aromatic rings. The number of carbonyl (C=O) groups excluding carboxylic acids is 1. The van der Waals surface area contributed by atoms with Crippen molar-refractivity contribution in [1.82, 2.24) is 15.3 Å². The molecule has 0 aromatic carbocycles. The fourth-order valence-electron chi connectivity index (χ4n) is 1.46. The second kappa shape index (κ2) is 6.64. The molecule has 0 aliphatic rings. The minimum atomic E-state index is -0.685. The van der Waals surface area contributed by atoms with E-state index in [9.17, 15) is 14.9 Å². The van der Waals surface area contributed by atoms with Crippen LogP contribution in [-0.4, -0.2) is 40.0 Å². The predicted molar refractivity (Wildman–Crippen MR) is 71.6 cm³/mol. The van der Waals surface area contributed by atoms with Gasteiger partial charge in [-0.05, 0) is 20.8 Å². The van der Waals surface area contributed by atoms with E-state index in [1.54, 1.807) is 6.92 Å². The summed E-state index contributed by atoms with van der Waals surface area (Å²) in [5.74, 6) is -0.510. The molecule has 1 atom stereocenters. The molecule has 20 heavy (non-hydrogen) atoms. The maximum Gasteiger partial charge on any atom is 0.372 e. The van der Waals surface area contributed by atoms with E-state index >= 15 is 0 Å². The quantitative estimate of drug-likeness (QED) is 0.583. The van der Waals surface area contributed by atoms with Crippen molar-refractivity contribution >= 4 is 17.4 Å². The van der Waals surface area contributed by atoms with E-state index in [1.165, 1.54) is 7.11 Å². The van der Waals surface area contributed by atoms with Crippen LogP contribution in [0, 0.1) is 10.1 Å². The number of hydrogen-bond acceptors (Lipinski definition) is 7. The van der Waals surface area contributed by atoms with Gasteiger partial charge in [0.25, 0.3) is 5.88 Å². The molecular formula is C11H17N5O4. The lowest BCUT2D eigenvalue weighted by Gasteiger charge is -2.16. The molecule has 0 aliphatic carbocycles. The molecule has 1 rings (SSSR count).